The lowest BCUT2D eigenvalue weighted by Crippen LogP contribution is -2.32. The van der Waals surface area contributed by atoms with E-state index in [2.05, 4.69) is 0 Å². The van der Waals surface area contributed by atoms with Gasteiger partial charge in [0.25, 0.3) is 6.47 Å². The molecule has 6 heteroatoms. The number of carbonyl (C=O) groups is 1. The van der Waals surface area contributed by atoms with Crippen molar-refractivity contribution in [2.75, 3.05) is 20.3 Å². The van der Waals surface area contributed by atoms with Gasteiger partial charge < -0.3 is 25.2 Å². The highest BCUT2D eigenvalue weighted by atomic mass is 16.5. The smallest absolute Gasteiger partial charge is 0.290 e. The Morgan fingerprint density at radius 3 is 1.53 bits per heavy atom. The van der Waals surface area contributed by atoms with Crippen molar-refractivity contribution in [2.24, 2.45) is 0 Å². The average Bonchev–Trinajstić information content (AvgIpc) is 2.24. The van der Waals surface area contributed by atoms with Crippen molar-refractivity contribution in [3.63, 3.8) is 0 Å². The van der Waals surface area contributed by atoms with Crippen molar-refractivity contribution in [2.45, 2.75) is 32.5 Å². The van der Waals surface area contributed by atoms with Crippen LogP contribution >= 0.6 is 0 Å². The lowest BCUT2D eigenvalue weighted by Gasteiger charge is -2.21. The van der Waals surface area contributed by atoms with Gasteiger partial charge in [-0.3, -0.25) is 4.79 Å². The van der Waals surface area contributed by atoms with Crippen molar-refractivity contribution < 1.29 is 30.0 Å². The van der Waals surface area contributed by atoms with Crippen LogP contribution in [0.2, 0.25) is 0 Å². The molecule has 0 aliphatic carbocycles. The molecule has 0 aromatic carbocycles. The molecular formula is C9H22O6. The van der Waals surface area contributed by atoms with Crippen molar-refractivity contribution in [1.82, 2.24) is 0 Å². The summed E-state index contributed by atoms with van der Waals surface area (Å²) in [5.74, 6) is 0. The summed E-state index contributed by atoms with van der Waals surface area (Å²) in [6.45, 7) is 4.49. The molecule has 2 unspecified atom stereocenters. The lowest BCUT2D eigenvalue weighted by molar-refractivity contribution is -0.122. The zero-order valence-corrected chi connectivity index (χ0v) is 9.46. The highest BCUT2D eigenvalue weighted by Gasteiger charge is 2.17. The number of ether oxygens (including phenoxy) is 1. The molecule has 1 saturated heterocycles. The molecule has 1 aliphatic rings. The monoisotopic (exact) mass is 226 g/mol. The number of aliphatic hydroxyl groups excluding tert-OH is 3. The van der Waals surface area contributed by atoms with Gasteiger partial charge >= 0.3 is 0 Å². The highest BCUT2D eigenvalue weighted by molar-refractivity contribution is 5.32. The van der Waals surface area contributed by atoms with Gasteiger partial charge in [-0.25, -0.2) is 0 Å². The van der Waals surface area contributed by atoms with E-state index in [0.29, 0.717) is 19.6 Å². The molecular weight excluding hydrogens is 204 g/mol. The van der Waals surface area contributed by atoms with E-state index < -0.39 is 12.2 Å². The van der Waals surface area contributed by atoms with Gasteiger partial charge in [-0.15, -0.1) is 0 Å². The maximum atomic E-state index is 8.79. The normalized spacial score (nSPS) is 22.8. The number of carboxylic acid groups (broad SMARTS) is 1. The quantitative estimate of drug-likeness (QED) is 0.413. The van der Waals surface area contributed by atoms with Gasteiger partial charge in [-0.1, -0.05) is 13.8 Å². The molecule has 0 aromatic heterocycles. The molecule has 6 nitrogen and oxygen atoms in total. The maximum absolute atomic E-state index is 8.79. The summed E-state index contributed by atoms with van der Waals surface area (Å²) in [6.07, 6.45) is -0.461. The van der Waals surface area contributed by atoms with Crippen LogP contribution in [0.25, 0.3) is 0 Å². The number of hydrogen-bond acceptors (Lipinski definition) is 5. The first-order chi connectivity index (χ1) is 7.20. The van der Waals surface area contributed by atoms with Gasteiger partial charge in [0, 0.05) is 13.5 Å². The largest absolute Gasteiger partial charge is 0.483 e. The molecule has 1 heterocycles. The lowest BCUT2D eigenvalue weighted by atomic mass is 10.1. The fourth-order valence-electron chi connectivity index (χ4n) is 0.790. The zero-order chi connectivity index (χ0) is 12.7. The molecule has 1 rings (SSSR count). The summed E-state index contributed by atoms with van der Waals surface area (Å²) in [4.78, 5) is 8.36. The van der Waals surface area contributed by atoms with Crippen LogP contribution in [-0.2, 0) is 9.53 Å². The molecule has 0 bridgehead atoms. The predicted octanol–water partition coefficient (Wildman–Crippen LogP) is -0.536. The molecule has 0 amide bonds. The summed E-state index contributed by atoms with van der Waals surface area (Å²) in [5, 5.41) is 31.5. The van der Waals surface area contributed by atoms with Crippen molar-refractivity contribution in [1.29, 1.82) is 0 Å². The Labute approximate surface area is 90.1 Å². The summed E-state index contributed by atoms with van der Waals surface area (Å²) in [7, 11) is 1.00. The Kier molecular flexibility index (Phi) is 25.1. The van der Waals surface area contributed by atoms with Gasteiger partial charge in [-0.2, -0.15) is 0 Å². The van der Waals surface area contributed by atoms with Crippen LogP contribution in [0.1, 0.15) is 20.3 Å². The minimum absolute atomic E-state index is 0.250. The van der Waals surface area contributed by atoms with Crippen molar-refractivity contribution in [3.8, 4) is 0 Å². The van der Waals surface area contributed by atoms with Crippen molar-refractivity contribution in [3.05, 3.63) is 0 Å². The summed E-state index contributed by atoms with van der Waals surface area (Å²) >= 11 is 0. The van der Waals surface area contributed by atoms with Crippen LogP contribution in [0.3, 0.4) is 0 Å². The first-order valence-corrected chi connectivity index (χ1v) is 4.67. The summed E-state index contributed by atoms with van der Waals surface area (Å²) in [5.41, 5.74) is 0. The molecule has 4 N–H and O–H groups in total. The Morgan fingerprint density at radius 1 is 1.13 bits per heavy atom. The number of rotatable bonds is 0. The van der Waals surface area contributed by atoms with E-state index in [1.807, 2.05) is 13.8 Å². The first kappa shape index (κ1) is 19.8. The predicted molar refractivity (Wildman–Crippen MR) is 55.6 cm³/mol. The molecule has 1 aliphatic heterocycles. The fourth-order valence-corrected chi connectivity index (χ4v) is 0.790. The molecule has 0 radical (unpaired) electrons. The third kappa shape index (κ3) is 19.6. The SMILES string of the molecule is CC.CO.O=CO.OC1COCC(O)C1. The second kappa shape index (κ2) is 19.0. The van der Waals surface area contributed by atoms with Crippen LogP contribution in [0, 0.1) is 0 Å². The molecule has 15 heavy (non-hydrogen) atoms. The second-order valence-electron chi connectivity index (χ2n) is 2.19. The van der Waals surface area contributed by atoms with Crippen LogP contribution in [0.4, 0.5) is 0 Å². The minimum atomic E-state index is -0.459. The second-order valence-corrected chi connectivity index (χ2v) is 2.19. The Bertz CT molecular complexity index is 101. The number of aliphatic hydroxyl groups is 3. The standard InChI is InChI=1S/C5H10O3.C2H6.CH2O2.CH4O/c6-4-1-5(7)3-8-2-4;1-2;2-1-3;1-2/h4-7H,1-3H2;1-2H3;1H,(H,2,3);2H,1H3. The molecule has 1 fully saturated rings. The van der Waals surface area contributed by atoms with Gasteiger partial charge in [0.05, 0.1) is 25.4 Å². The van der Waals surface area contributed by atoms with Crippen LogP contribution in [-0.4, -0.2) is 59.4 Å². The van der Waals surface area contributed by atoms with Crippen LogP contribution in [0.15, 0.2) is 0 Å². The van der Waals surface area contributed by atoms with E-state index >= 15 is 0 Å². The Morgan fingerprint density at radius 2 is 1.40 bits per heavy atom. The van der Waals surface area contributed by atoms with Gasteiger partial charge in [-0.05, 0) is 0 Å². The zero-order valence-electron chi connectivity index (χ0n) is 9.46. The highest BCUT2D eigenvalue weighted by Crippen LogP contribution is 2.05. The molecule has 0 saturated carbocycles. The van der Waals surface area contributed by atoms with Gasteiger partial charge in [0.1, 0.15) is 0 Å². The maximum Gasteiger partial charge on any atom is 0.290 e. The molecule has 0 aromatic rings. The van der Waals surface area contributed by atoms with Crippen LogP contribution in [0.5, 0.6) is 0 Å². The first-order valence-electron chi connectivity index (χ1n) is 4.67. The topological polar surface area (TPSA) is 107 Å². The average molecular weight is 226 g/mol. The molecule has 0 spiro atoms. The minimum Gasteiger partial charge on any atom is -0.483 e. The number of hydrogen-bond donors (Lipinski definition) is 4. The van der Waals surface area contributed by atoms with E-state index in [1.165, 1.54) is 0 Å². The third-order valence-electron chi connectivity index (χ3n) is 1.16. The molecule has 2 atom stereocenters. The van der Waals surface area contributed by atoms with Gasteiger partial charge in [0.15, 0.2) is 0 Å². The van der Waals surface area contributed by atoms with E-state index in [0.717, 1.165) is 7.11 Å². The third-order valence-corrected chi connectivity index (χ3v) is 1.16. The molecule has 94 valence electrons. The summed E-state index contributed by atoms with van der Waals surface area (Å²) in [6, 6.07) is 0. The fraction of sp³-hybridized carbons (Fsp3) is 0.889. The van der Waals surface area contributed by atoms with E-state index in [9.17, 15) is 0 Å². The summed E-state index contributed by atoms with van der Waals surface area (Å²) < 4.78 is 4.79. The van der Waals surface area contributed by atoms with Gasteiger partial charge in [0.2, 0.25) is 0 Å². The van der Waals surface area contributed by atoms with E-state index in [4.69, 9.17) is 30.0 Å². The van der Waals surface area contributed by atoms with E-state index in [1.54, 1.807) is 0 Å². The van der Waals surface area contributed by atoms with Crippen molar-refractivity contribution >= 4 is 6.47 Å². The van der Waals surface area contributed by atoms with Crippen LogP contribution < -0.4 is 0 Å². The van der Waals surface area contributed by atoms with E-state index in [-0.39, 0.29) is 6.47 Å². The Balaban J connectivity index is -0.000000176. The Hall–Kier alpha value is -0.690.